The molecular weight excluding hydrogens is 274 g/mol. The van der Waals surface area contributed by atoms with Crippen molar-refractivity contribution in [1.29, 1.82) is 0 Å². The maximum absolute atomic E-state index is 12.7. The van der Waals surface area contributed by atoms with E-state index in [4.69, 9.17) is 5.11 Å². The van der Waals surface area contributed by atoms with Crippen molar-refractivity contribution in [2.45, 2.75) is 36.1 Å². The molecule has 20 heavy (non-hydrogen) atoms. The molecule has 0 saturated carbocycles. The lowest BCUT2D eigenvalue weighted by Gasteiger charge is -2.26. The zero-order valence-corrected chi connectivity index (χ0v) is 11.9. The molecule has 0 radical (unpaired) electrons. The van der Waals surface area contributed by atoms with E-state index in [1.165, 1.54) is 4.90 Å². The first-order valence-electron chi connectivity index (χ1n) is 6.91. The van der Waals surface area contributed by atoms with Gasteiger partial charge in [0.2, 0.25) is 5.91 Å². The summed E-state index contributed by atoms with van der Waals surface area (Å²) in [6.45, 7) is 0.695. The van der Waals surface area contributed by atoms with Crippen LogP contribution >= 0.6 is 11.8 Å². The van der Waals surface area contributed by atoms with Gasteiger partial charge in [-0.1, -0.05) is 18.2 Å². The summed E-state index contributed by atoms with van der Waals surface area (Å²) >= 11 is 1.71. The summed E-state index contributed by atoms with van der Waals surface area (Å²) in [4.78, 5) is 26.6. The Morgan fingerprint density at radius 3 is 2.95 bits per heavy atom. The van der Waals surface area contributed by atoms with Crippen molar-refractivity contribution in [3.05, 3.63) is 29.8 Å². The normalized spacial score (nSPS) is 24.7. The standard InChI is InChI=1S/C15H17NO3S/c17-14(18)8-10-4-3-7-16(10)15(19)12-9-20-13-6-2-1-5-11(12)13/h1-2,5-6,10,12H,3-4,7-9H2,(H,17,18). The third-order valence-corrected chi connectivity index (χ3v) is 5.25. The Kier molecular flexibility index (Phi) is 3.70. The second-order valence-electron chi connectivity index (χ2n) is 5.33. The molecule has 1 amide bonds. The first kappa shape index (κ1) is 13.5. The van der Waals surface area contributed by atoms with Crippen LogP contribution in [0.1, 0.15) is 30.7 Å². The predicted molar refractivity (Wildman–Crippen MR) is 76.9 cm³/mol. The summed E-state index contributed by atoms with van der Waals surface area (Å²) in [6.07, 6.45) is 1.78. The third kappa shape index (κ3) is 2.42. The van der Waals surface area contributed by atoms with Crippen molar-refractivity contribution in [2.75, 3.05) is 12.3 Å². The van der Waals surface area contributed by atoms with E-state index < -0.39 is 5.97 Å². The molecule has 5 heteroatoms. The van der Waals surface area contributed by atoms with Crippen LogP contribution in [0.4, 0.5) is 0 Å². The van der Waals surface area contributed by atoms with Gasteiger partial charge in [0, 0.05) is 23.2 Å². The SMILES string of the molecule is O=C(O)CC1CCCN1C(=O)C1CSc2ccccc21. The molecule has 0 bridgehead atoms. The van der Waals surface area contributed by atoms with Gasteiger partial charge in [0.25, 0.3) is 0 Å². The Balaban J connectivity index is 1.78. The molecule has 2 atom stereocenters. The fourth-order valence-corrected chi connectivity index (χ4v) is 4.33. The van der Waals surface area contributed by atoms with Gasteiger partial charge in [-0.05, 0) is 24.5 Å². The van der Waals surface area contributed by atoms with Crippen molar-refractivity contribution in [3.8, 4) is 0 Å². The van der Waals surface area contributed by atoms with Gasteiger partial charge in [0.15, 0.2) is 0 Å². The lowest BCUT2D eigenvalue weighted by Crippen LogP contribution is -2.40. The summed E-state index contributed by atoms with van der Waals surface area (Å²) in [5.41, 5.74) is 1.10. The van der Waals surface area contributed by atoms with E-state index in [0.29, 0.717) is 6.54 Å². The van der Waals surface area contributed by atoms with E-state index in [1.807, 2.05) is 24.3 Å². The van der Waals surface area contributed by atoms with Crippen molar-refractivity contribution in [1.82, 2.24) is 4.90 Å². The van der Waals surface area contributed by atoms with Gasteiger partial charge >= 0.3 is 5.97 Å². The largest absolute Gasteiger partial charge is 0.481 e. The van der Waals surface area contributed by atoms with Crippen molar-refractivity contribution >= 4 is 23.6 Å². The monoisotopic (exact) mass is 291 g/mol. The lowest BCUT2D eigenvalue weighted by molar-refractivity contribution is -0.140. The van der Waals surface area contributed by atoms with Crippen LogP contribution in [0.5, 0.6) is 0 Å². The van der Waals surface area contributed by atoms with Gasteiger partial charge in [0.1, 0.15) is 0 Å². The third-order valence-electron chi connectivity index (χ3n) is 4.07. The molecular formula is C15H17NO3S. The molecule has 1 aromatic rings. The van der Waals surface area contributed by atoms with Gasteiger partial charge in [-0.2, -0.15) is 0 Å². The van der Waals surface area contributed by atoms with Crippen LogP contribution in [0.3, 0.4) is 0 Å². The molecule has 2 heterocycles. The van der Waals surface area contributed by atoms with E-state index in [-0.39, 0.29) is 24.3 Å². The van der Waals surface area contributed by atoms with E-state index in [0.717, 1.165) is 24.2 Å². The zero-order valence-electron chi connectivity index (χ0n) is 11.1. The summed E-state index contributed by atoms with van der Waals surface area (Å²) < 4.78 is 0. The molecule has 1 aromatic carbocycles. The summed E-state index contributed by atoms with van der Waals surface area (Å²) in [7, 11) is 0. The molecule has 4 nitrogen and oxygen atoms in total. The van der Waals surface area contributed by atoms with Gasteiger partial charge < -0.3 is 10.0 Å². The number of carboxylic acid groups (broad SMARTS) is 1. The first-order valence-corrected chi connectivity index (χ1v) is 7.89. The summed E-state index contributed by atoms with van der Waals surface area (Å²) in [5.74, 6) is -0.0539. The number of hydrogen-bond donors (Lipinski definition) is 1. The molecule has 1 N–H and O–H groups in total. The number of amides is 1. The predicted octanol–water partition coefficient (Wildman–Crippen LogP) is 2.34. The molecule has 1 saturated heterocycles. The zero-order chi connectivity index (χ0) is 14.1. The minimum Gasteiger partial charge on any atom is -0.481 e. The average molecular weight is 291 g/mol. The number of carbonyl (C=O) groups excluding carboxylic acids is 1. The molecule has 1 fully saturated rings. The maximum Gasteiger partial charge on any atom is 0.305 e. The Morgan fingerprint density at radius 1 is 1.35 bits per heavy atom. The highest BCUT2D eigenvalue weighted by molar-refractivity contribution is 7.99. The second-order valence-corrected chi connectivity index (χ2v) is 6.39. The Bertz CT molecular complexity index is 546. The highest BCUT2D eigenvalue weighted by Gasteiger charge is 2.37. The highest BCUT2D eigenvalue weighted by Crippen LogP contribution is 2.41. The topological polar surface area (TPSA) is 57.6 Å². The minimum absolute atomic E-state index is 0.0627. The molecule has 2 aliphatic heterocycles. The molecule has 0 aliphatic carbocycles. The van der Waals surface area contributed by atoms with Crippen LogP contribution < -0.4 is 0 Å². The number of carboxylic acids is 1. The summed E-state index contributed by atoms with van der Waals surface area (Å²) in [6, 6.07) is 7.88. The van der Waals surface area contributed by atoms with E-state index in [9.17, 15) is 9.59 Å². The fraction of sp³-hybridized carbons (Fsp3) is 0.467. The number of fused-ring (bicyclic) bond motifs is 1. The Hall–Kier alpha value is -1.49. The summed E-state index contributed by atoms with van der Waals surface area (Å²) in [5, 5.41) is 8.95. The van der Waals surface area contributed by atoms with E-state index in [1.54, 1.807) is 16.7 Å². The average Bonchev–Trinajstić information content (AvgIpc) is 3.03. The smallest absolute Gasteiger partial charge is 0.305 e. The highest BCUT2D eigenvalue weighted by atomic mass is 32.2. The minimum atomic E-state index is -0.823. The Labute approximate surface area is 122 Å². The molecule has 0 aromatic heterocycles. The quantitative estimate of drug-likeness (QED) is 0.928. The molecule has 0 spiro atoms. The molecule has 2 aliphatic rings. The van der Waals surface area contributed by atoms with E-state index in [2.05, 4.69) is 0 Å². The number of nitrogens with zero attached hydrogens (tertiary/aromatic N) is 1. The van der Waals surface area contributed by atoms with Crippen LogP contribution in [0.15, 0.2) is 29.2 Å². The van der Waals surface area contributed by atoms with Gasteiger partial charge in [-0.25, -0.2) is 0 Å². The van der Waals surface area contributed by atoms with Crippen LogP contribution in [-0.4, -0.2) is 40.2 Å². The van der Waals surface area contributed by atoms with Gasteiger partial charge in [-0.15, -0.1) is 11.8 Å². The van der Waals surface area contributed by atoms with Gasteiger partial charge in [0.05, 0.1) is 12.3 Å². The number of benzene rings is 1. The van der Waals surface area contributed by atoms with Crippen molar-refractivity contribution in [2.24, 2.45) is 0 Å². The van der Waals surface area contributed by atoms with Crippen LogP contribution in [0.25, 0.3) is 0 Å². The number of carbonyl (C=O) groups is 2. The van der Waals surface area contributed by atoms with Gasteiger partial charge in [-0.3, -0.25) is 9.59 Å². The van der Waals surface area contributed by atoms with Crippen LogP contribution in [0.2, 0.25) is 0 Å². The van der Waals surface area contributed by atoms with E-state index >= 15 is 0 Å². The number of rotatable bonds is 3. The van der Waals surface area contributed by atoms with Crippen molar-refractivity contribution < 1.29 is 14.7 Å². The first-order chi connectivity index (χ1) is 9.66. The van der Waals surface area contributed by atoms with Crippen LogP contribution in [-0.2, 0) is 9.59 Å². The van der Waals surface area contributed by atoms with Crippen molar-refractivity contribution in [3.63, 3.8) is 0 Å². The lowest BCUT2D eigenvalue weighted by atomic mass is 9.99. The molecule has 106 valence electrons. The molecule has 2 unspecified atom stereocenters. The number of aliphatic carboxylic acids is 1. The fourth-order valence-electron chi connectivity index (χ4n) is 3.11. The molecule has 3 rings (SSSR count). The number of hydrogen-bond acceptors (Lipinski definition) is 3. The maximum atomic E-state index is 12.7. The number of likely N-dealkylation sites (tertiary alicyclic amines) is 1. The second kappa shape index (κ2) is 5.48. The Morgan fingerprint density at radius 2 is 2.15 bits per heavy atom. The number of thioether (sulfide) groups is 1. The van der Waals surface area contributed by atoms with Crippen LogP contribution in [0, 0.1) is 0 Å².